The quantitative estimate of drug-likeness (QED) is 0.841. The molecule has 1 heterocycles. The summed E-state index contributed by atoms with van der Waals surface area (Å²) >= 11 is 0. The minimum absolute atomic E-state index is 0.725. The first kappa shape index (κ1) is 17.2. The van der Waals surface area contributed by atoms with Crippen LogP contribution in [0.25, 0.3) is 0 Å². The first-order valence-electron chi connectivity index (χ1n) is 9.13. The van der Waals surface area contributed by atoms with Gasteiger partial charge >= 0.3 is 0 Å². The normalized spacial score (nSPS) is 36.3. The molecule has 1 N–H and O–H groups in total. The summed E-state index contributed by atoms with van der Waals surface area (Å²) in [5.74, 6) is 2.56. The molecule has 2 aliphatic rings. The summed E-state index contributed by atoms with van der Waals surface area (Å²) in [7, 11) is 4.62. The van der Waals surface area contributed by atoms with Gasteiger partial charge in [0.2, 0.25) is 0 Å². The molecule has 4 atom stereocenters. The zero-order valence-corrected chi connectivity index (χ0v) is 14.9. The van der Waals surface area contributed by atoms with Gasteiger partial charge in [-0.2, -0.15) is 0 Å². The zero-order chi connectivity index (χ0) is 15.4. The van der Waals surface area contributed by atoms with Gasteiger partial charge in [-0.1, -0.05) is 20.8 Å². The molecule has 4 unspecified atom stereocenters. The molecule has 21 heavy (non-hydrogen) atoms. The maximum atomic E-state index is 3.78. The molecule has 3 heteroatoms. The molecule has 1 aliphatic carbocycles. The minimum atomic E-state index is 0.725. The molecular formula is C18H37N3. The number of nitrogens with one attached hydrogen (secondary N) is 1. The summed E-state index contributed by atoms with van der Waals surface area (Å²) in [6.07, 6.45) is 5.46. The zero-order valence-electron chi connectivity index (χ0n) is 14.9. The van der Waals surface area contributed by atoms with E-state index in [1.165, 1.54) is 45.3 Å². The van der Waals surface area contributed by atoms with E-state index in [1.807, 2.05) is 0 Å². The molecular weight excluding hydrogens is 258 g/mol. The minimum Gasteiger partial charge on any atom is -0.314 e. The third-order valence-electron chi connectivity index (χ3n) is 5.95. The van der Waals surface area contributed by atoms with E-state index >= 15 is 0 Å². The Hall–Kier alpha value is -0.120. The Morgan fingerprint density at radius 1 is 1.14 bits per heavy atom. The topological polar surface area (TPSA) is 18.5 Å². The summed E-state index contributed by atoms with van der Waals surface area (Å²) < 4.78 is 0. The second-order valence-electron chi connectivity index (χ2n) is 7.86. The van der Waals surface area contributed by atoms with Crippen LogP contribution < -0.4 is 5.32 Å². The molecule has 124 valence electrons. The fourth-order valence-electron chi connectivity index (χ4n) is 4.63. The van der Waals surface area contributed by atoms with Gasteiger partial charge in [-0.15, -0.1) is 0 Å². The highest BCUT2D eigenvalue weighted by Gasteiger charge is 2.35. The molecule has 0 bridgehead atoms. The van der Waals surface area contributed by atoms with Gasteiger partial charge in [0.15, 0.2) is 0 Å². The Morgan fingerprint density at radius 3 is 2.43 bits per heavy atom. The molecule has 2 rings (SSSR count). The average Bonchev–Trinajstić information content (AvgIpc) is 2.43. The number of hydrogen-bond donors (Lipinski definition) is 1. The van der Waals surface area contributed by atoms with E-state index in [4.69, 9.17) is 0 Å². The van der Waals surface area contributed by atoms with Crippen molar-refractivity contribution in [2.45, 2.75) is 58.5 Å². The Kier molecular flexibility index (Phi) is 6.51. The van der Waals surface area contributed by atoms with Crippen LogP contribution in [0.1, 0.15) is 46.5 Å². The number of nitrogens with zero attached hydrogens (tertiary/aromatic N) is 2. The molecule has 0 amide bonds. The van der Waals surface area contributed by atoms with Gasteiger partial charge < -0.3 is 15.1 Å². The maximum absolute atomic E-state index is 3.78. The molecule has 0 aromatic rings. The average molecular weight is 296 g/mol. The third kappa shape index (κ3) is 4.67. The standard InChI is InChI=1S/C18H37N3/c1-6-19-18-12-14(2)11-15(3)17(18)13-21(5)16-7-9-20(4)10-8-16/h14-19H,6-13H2,1-5H3. The van der Waals surface area contributed by atoms with Gasteiger partial charge in [0.25, 0.3) is 0 Å². The molecule has 0 radical (unpaired) electrons. The van der Waals surface area contributed by atoms with Crippen molar-refractivity contribution < 1.29 is 0 Å². The van der Waals surface area contributed by atoms with Crippen LogP contribution in [0.5, 0.6) is 0 Å². The van der Waals surface area contributed by atoms with Crippen LogP contribution in [-0.4, -0.2) is 62.2 Å². The van der Waals surface area contributed by atoms with Crippen molar-refractivity contribution in [1.82, 2.24) is 15.1 Å². The molecule has 1 saturated carbocycles. The van der Waals surface area contributed by atoms with Crippen LogP contribution in [0.15, 0.2) is 0 Å². The van der Waals surface area contributed by atoms with Gasteiger partial charge in [0, 0.05) is 18.6 Å². The van der Waals surface area contributed by atoms with Crippen molar-refractivity contribution in [3.63, 3.8) is 0 Å². The number of hydrogen-bond acceptors (Lipinski definition) is 3. The Morgan fingerprint density at radius 2 is 1.81 bits per heavy atom. The lowest BCUT2D eigenvalue weighted by Gasteiger charge is -2.44. The molecule has 0 spiro atoms. The largest absolute Gasteiger partial charge is 0.314 e. The monoisotopic (exact) mass is 295 g/mol. The van der Waals surface area contributed by atoms with Crippen molar-refractivity contribution in [3.05, 3.63) is 0 Å². The lowest BCUT2D eigenvalue weighted by Crippen LogP contribution is -2.51. The summed E-state index contributed by atoms with van der Waals surface area (Å²) in [6, 6.07) is 1.53. The van der Waals surface area contributed by atoms with E-state index in [0.29, 0.717) is 0 Å². The number of rotatable bonds is 5. The molecule has 1 aliphatic heterocycles. The lowest BCUT2D eigenvalue weighted by atomic mass is 9.72. The lowest BCUT2D eigenvalue weighted by molar-refractivity contribution is 0.0741. The smallest absolute Gasteiger partial charge is 0.0117 e. The van der Waals surface area contributed by atoms with Gasteiger partial charge in [-0.25, -0.2) is 0 Å². The van der Waals surface area contributed by atoms with E-state index in [0.717, 1.165) is 36.4 Å². The molecule has 0 aromatic carbocycles. The van der Waals surface area contributed by atoms with Crippen molar-refractivity contribution in [1.29, 1.82) is 0 Å². The first-order chi connectivity index (χ1) is 10.0. The van der Waals surface area contributed by atoms with Crippen LogP contribution in [0.2, 0.25) is 0 Å². The van der Waals surface area contributed by atoms with Gasteiger partial charge in [-0.3, -0.25) is 0 Å². The van der Waals surface area contributed by atoms with Crippen LogP contribution in [0, 0.1) is 17.8 Å². The summed E-state index contributed by atoms with van der Waals surface area (Å²) in [4.78, 5) is 5.14. The van der Waals surface area contributed by atoms with Crippen LogP contribution >= 0.6 is 0 Å². The Bertz CT molecular complexity index is 299. The van der Waals surface area contributed by atoms with Crippen molar-refractivity contribution in [2.75, 3.05) is 40.3 Å². The predicted molar refractivity (Wildman–Crippen MR) is 91.7 cm³/mol. The number of likely N-dealkylation sites (tertiary alicyclic amines) is 1. The third-order valence-corrected chi connectivity index (χ3v) is 5.95. The van der Waals surface area contributed by atoms with E-state index in [2.05, 4.69) is 50.0 Å². The van der Waals surface area contributed by atoms with E-state index in [1.54, 1.807) is 0 Å². The molecule has 1 saturated heterocycles. The van der Waals surface area contributed by atoms with Gasteiger partial charge in [-0.05, 0) is 77.2 Å². The molecule has 3 nitrogen and oxygen atoms in total. The summed E-state index contributed by atoms with van der Waals surface area (Å²) in [6.45, 7) is 12.1. The van der Waals surface area contributed by atoms with E-state index in [-0.39, 0.29) is 0 Å². The van der Waals surface area contributed by atoms with Crippen molar-refractivity contribution >= 4 is 0 Å². The number of piperidine rings is 1. The van der Waals surface area contributed by atoms with E-state index < -0.39 is 0 Å². The predicted octanol–water partition coefficient (Wildman–Crippen LogP) is 2.67. The first-order valence-corrected chi connectivity index (χ1v) is 9.13. The van der Waals surface area contributed by atoms with Gasteiger partial charge in [0.1, 0.15) is 0 Å². The van der Waals surface area contributed by atoms with Crippen LogP contribution in [0.4, 0.5) is 0 Å². The second kappa shape index (κ2) is 7.94. The highest BCUT2D eigenvalue weighted by Crippen LogP contribution is 2.34. The summed E-state index contributed by atoms with van der Waals surface area (Å²) in [5.41, 5.74) is 0. The molecule has 0 aromatic heterocycles. The fraction of sp³-hybridized carbons (Fsp3) is 1.00. The highest BCUT2D eigenvalue weighted by atomic mass is 15.2. The fourth-order valence-corrected chi connectivity index (χ4v) is 4.63. The highest BCUT2D eigenvalue weighted by molar-refractivity contribution is 4.90. The summed E-state index contributed by atoms with van der Waals surface area (Å²) in [5, 5.41) is 3.78. The van der Waals surface area contributed by atoms with Crippen LogP contribution in [0.3, 0.4) is 0 Å². The van der Waals surface area contributed by atoms with E-state index in [9.17, 15) is 0 Å². The second-order valence-corrected chi connectivity index (χ2v) is 7.86. The van der Waals surface area contributed by atoms with Crippen LogP contribution in [-0.2, 0) is 0 Å². The Balaban J connectivity index is 1.91. The molecule has 2 fully saturated rings. The SMILES string of the molecule is CCNC1CC(C)CC(C)C1CN(C)C1CCN(C)CC1. The van der Waals surface area contributed by atoms with Gasteiger partial charge in [0.05, 0.1) is 0 Å². The Labute approximate surface area is 132 Å². The maximum Gasteiger partial charge on any atom is 0.0117 e. The van der Waals surface area contributed by atoms with Crippen molar-refractivity contribution in [3.8, 4) is 0 Å². The van der Waals surface area contributed by atoms with Crippen molar-refractivity contribution in [2.24, 2.45) is 17.8 Å².